The van der Waals surface area contributed by atoms with E-state index < -0.39 is 5.97 Å². The van der Waals surface area contributed by atoms with E-state index in [2.05, 4.69) is 15.3 Å². The molecule has 0 aliphatic carbocycles. The molecule has 82 valence electrons. The average Bonchev–Trinajstić information content (AvgIpc) is 2.08. The summed E-state index contributed by atoms with van der Waals surface area (Å²) in [5.74, 6) is -0.331. The van der Waals surface area contributed by atoms with Crippen molar-refractivity contribution >= 4 is 17.7 Å². The fourth-order valence-corrected chi connectivity index (χ4v) is 1.05. The van der Waals surface area contributed by atoms with Crippen LogP contribution in [-0.4, -0.2) is 27.1 Å². The van der Waals surface area contributed by atoms with E-state index >= 15 is 0 Å². The summed E-state index contributed by atoms with van der Waals surface area (Å²) >= 11 is 0. The first-order valence-corrected chi connectivity index (χ1v) is 4.58. The smallest absolute Gasteiger partial charge is 0.308 e. The molecule has 0 unspecified atom stereocenters. The van der Waals surface area contributed by atoms with Crippen LogP contribution in [0.3, 0.4) is 0 Å². The zero-order valence-corrected chi connectivity index (χ0v) is 8.69. The molecule has 1 rings (SSSR count). The van der Waals surface area contributed by atoms with Crippen LogP contribution >= 0.6 is 0 Å². The molecular weight excluding hydrogens is 196 g/mol. The molecule has 1 aromatic heterocycles. The number of carboxylic acids is 1. The van der Waals surface area contributed by atoms with Gasteiger partial charge in [-0.1, -0.05) is 0 Å². The number of hydrogen-bond donors (Lipinski definition) is 3. The second-order valence-corrected chi connectivity index (χ2v) is 3.47. The van der Waals surface area contributed by atoms with E-state index in [1.165, 1.54) is 6.20 Å². The molecule has 6 heteroatoms. The first-order valence-electron chi connectivity index (χ1n) is 4.58. The standard InChI is InChI=1S/C9H14N4O2/c1-5(2)12-9-11-4-6(3-7(14)15)8(10)13-9/h4-5H,3H2,1-2H3,(H,14,15)(H3,10,11,12,13). The van der Waals surface area contributed by atoms with E-state index in [1.807, 2.05) is 13.8 Å². The van der Waals surface area contributed by atoms with Crippen LogP contribution in [0.1, 0.15) is 19.4 Å². The van der Waals surface area contributed by atoms with Gasteiger partial charge in [0.25, 0.3) is 0 Å². The van der Waals surface area contributed by atoms with Gasteiger partial charge in [0.2, 0.25) is 5.95 Å². The molecule has 0 bridgehead atoms. The highest BCUT2D eigenvalue weighted by atomic mass is 16.4. The Hall–Kier alpha value is -1.85. The number of rotatable bonds is 4. The summed E-state index contributed by atoms with van der Waals surface area (Å²) in [4.78, 5) is 18.4. The maximum Gasteiger partial charge on any atom is 0.308 e. The second kappa shape index (κ2) is 4.59. The van der Waals surface area contributed by atoms with Gasteiger partial charge in [0.15, 0.2) is 0 Å². The van der Waals surface area contributed by atoms with Gasteiger partial charge in [-0.05, 0) is 13.8 Å². The fourth-order valence-electron chi connectivity index (χ4n) is 1.05. The first-order chi connectivity index (χ1) is 6.99. The van der Waals surface area contributed by atoms with Crippen molar-refractivity contribution in [2.75, 3.05) is 11.1 Å². The van der Waals surface area contributed by atoms with Gasteiger partial charge in [0, 0.05) is 17.8 Å². The topological polar surface area (TPSA) is 101 Å². The Bertz CT molecular complexity index is 365. The number of carboxylic acid groups (broad SMARTS) is 1. The molecule has 0 radical (unpaired) electrons. The van der Waals surface area contributed by atoms with Crippen molar-refractivity contribution in [3.8, 4) is 0 Å². The molecule has 0 fully saturated rings. The van der Waals surface area contributed by atoms with E-state index in [4.69, 9.17) is 10.8 Å². The summed E-state index contributed by atoms with van der Waals surface area (Å²) in [5.41, 5.74) is 6.02. The van der Waals surface area contributed by atoms with E-state index in [0.717, 1.165) is 0 Å². The minimum Gasteiger partial charge on any atom is -0.481 e. The van der Waals surface area contributed by atoms with Gasteiger partial charge in [-0.2, -0.15) is 4.98 Å². The number of carbonyl (C=O) groups is 1. The van der Waals surface area contributed by atoms with Gasteiger partial charge in [-0.25, -0.2) is 4.98 Å². The Morgan fingerprint density at radius 3 is 2.80 bits per heavy atom. The zero-order chi connectivity index (χ0) is 11.4. The molecule has 0 spiro atoms. The second-order valence-electron chi connectivity index (χ2n) is 3.47. The lowest BCUT2D eigenvalue weighted by atomic mass is 10.2. The van der Waals surface area contributed by atoms with Gasteiger partial charge in [0.05, 0.1) is 6.42 Å². The Labute approximate surface area is 87.5 Å². The SMILES string of the molecule is CC(C)Nc1ncc(CC(=O)O)c(N)n1. The van der Waals surface area contributed by atoms with Gasteiger partial charge in [0.1, 0.15) is 5.82 Å². The van der Waals surface area contributed by atoms with Crippen molar-refractivity contribution in [2.24, 2.45) is 0 Å². The zero-order valence-electron chi connectivity index (χ0n) is 8.69. The summed E-state index contributed by atoms with van der Waals surface area (Å²) in [6.07, 6.45) is 1.27. The maximum absolute atomic E-state index is 10.5. The van der Waals surface area contributed by atoms with Crippen LogP contribution in [0, 0.1) is 0 Å². The molecular formula is C9H14N4O2. The number of nitrogens with zero attached hydrogens (tertiary/aromatic N) is 2. The third-order valence-electron chi connectivity index (χ3n) is 1.66. The predicted molar refractivity (Wildman–Crippen MR) is 56.5 cm³/mol. The predicted octanol–water partition coefficient (Wildman–Crippen LogP) is 0.506. The van der Waals surface area contributed by atoms with Crippen molar-refractivity contribution in [3.63, 3.8) is 0 Å². The molecule has 6 nitrogen and oxygen atoms in total. The molecule has 0 saturated carbocycles. The Morgan fingerprint density at radius 2 is 2.33 bits per heavy atom. The van der Waals surface area contributed by atoms with E-state index in [0.29, 0.717) is 11.5 Å². The van der Waals surface area contributed by atoms with E-state index in [-0.39, 0.29) is 18.3 Å². The number of nitrogens with two attached hydrogens (primary N) is 1. The van der Waals surface area contributed by atoms with Gasteiger partial charge in [-0.3, -0.25) is 4.79 Å². The highest BCUT2D eigenvalue weighted by molar-refractivity contribution is 5.72. The first kappa shape index (κ1) is 11.2. The number of nitrogen functional groups attached to an aromatic ring is 1. The third kappa shape index (κ3) is 3.41. The van der Waals surface area contributed by atoms with Gasteiger partial charge in [-0.15, -0.1) is 0 Å². The average molecular weight is 210 g/mol. The lowest BCUT2D eigenvalue weighted by molar-refractivity contribution is -0.136. The van der Waals surface area contributed by atoms with Crippen LogP contribution in [0.15, 0.2) is 6.20 Å². The summed E-state index contributed by atoms with van der Waals surface area (Å²) in [5, 5.41) is 11.6. The normalized spacial score (nSPS) is 10.3. The molecule has 1 heterocycles. The highest BCUT2D eigenvalue weighted by Gasteiger charge is 2.08. The molecule has 0 aliphatic heterocycles. The summed E-state index contributed by atoms with van der Waals surface area (Å²) in [6, 6.07) is 0.203. The summed E-state index contributed by atoms with van der Waals surface area (Å²) < 4.78 is 0. The van der Waals surface area contributed by atoms with Crippen molar-refractivity contribution in [2.45, 2.75) is 26.3 Å². The minimum absolute atomic E-state index is 0.159. The van der Waals surface area contributed by atoms with Crippen molar-refractivity contribution in [1.29, 1.82) is 0 Å². The van der Waals surface area contributed by atoms with Crippen molar-refractivity contribution < 1.29 is 9.90 Å². The molecule has 0 amide bonds. The van der Waals surface area contributed by atoms with Crippen LogP contribution in [0.25, 0.3) is 0 Å². The molecule has 1 aromatic rings. The minimum atomic E-state index is -0.949. The Morgan fingerprint density at radius 1 is 1.67 bits per heavy atom. The number of aromatic nitrogens is 2. The van der Waals surface area contributed by atoms with Crippen LogP contribution < -0.4 is 11.1 Å². The lowest BCUT2D eigenvalue weighted by Gasteiger charge is -2.09. The van der Waals surface area contributed by atoms with Gasteiger partial charge >= 0.3 is 5.97 Å². The van der Waals surface area contributed by atoms with Gasteiger partial charge < -0.3 is 16.2 Å². The van der Waals surface area contributed by atoms with Crippen molar-refractivity contribution in [3.05, 3.63) is 11.8 Å². The summed E-state index contributed by atoms with van der Waals surface area (Å²) in [6.45, 7) is 3.90. The van der Waals surface area contributed by atoms with Crippen LogP contribution in [-0.2, 0) is 11.2 Å². The molecule has 4 N–H and O–H groups in total. The number of aliphatic carboxylic acids is 1. The molecule has 0 aromatic carbocycles. The summed E-state index contributed by atoms with van der Waals surface area (Å²) in [7, 11) is 0. The lowest BCUT2D eigenvalue weighted by Crippen LogP contribution is -2.14. The Kier molecular flexibility index (Phi) is 3.43. The monoisotopic (exact) mass is 210 g/mol. The van der Waals surface area contributed by atoms with Crippen molar-refractivity contribution in [1.82, 2.24) is 9.97 Å². The molecule has 0 saturated heterocycles. The van der Waals surface area contributed by atoms with E-state index in [1.54, 1.807) is 0 Å². The number of anilines is 2. The third-order valence-corrected chi connectivity index (χ3v) is 1.66. The maximum atomic E-state index is 10.5. The Balaban J connectivity index is 2.83. The van der Waals surface area contributed by atoms with Crippen LogP contribution in [0.4, 0.5) is 11.8 Å². The quantitative estimate of drug-likeness (QED) is 0.669. The number of hydrogen-bond acceptors (Lipinski definition) is 5. The number of nitrogens with one attached hydrogen (secondary N) is 1. The van der Waals surface area contributed by atoms with Crippen LogP contribution in [0.2, 0.25) is 0 Å². The highest BCUT2D eigenvalue weighted by Crippen LogP contribution is 2.11. The van der Waals surface area contributed by atoms with Crippen LogP contribution in [0.5, 0.6) is 0 Å². The largest absolute Gasteiger partial charge is 0.481 e. The molecule has 0 atom stereocenters. The molecule has 15 heavy (non-hydrogen) atoms. The fraction of sp³-hybridized carbons (Fsp3) is 0.444. The molecule has 0 aliphatic rings. The van der Waals surface area contributed by atoms with E-state index in [9.17, 15) is 4.79 Å².